The van der Waals surface area contributed by atoms with Crippen molar-refractivity contribution >= 4 is 21.8 Å². The van der Waals surface area contributed by atoms with Gasteiger partial charge >= 0.3 is 0 Å². The highest BCUT2D eigenvalue weighted by molar-refractivity contribution is 7.99. The van der Waals surface area contributed by atoms with E-state index in [0.717, 1.165) is 48.7 Å². The third-order valence-electron chi connectivity index (χ3n) is 5.51. The number of nitrogens with zero attached hydrogens (tertiary/aromatic N) is 1. The summed E-state index contributed by atoms with van der Waals surface area (Å²) in [7, 11) is -3.43. The number of likely N-dealkylation sites (tertiary alicyclic amines) is 1. The zero-order chi connectivity index (χ0) is 18.0. The van der Waals surface area contributed by atoms with Crippen molar-refractivity contribution in [2.45, 2.75) is 51.0 Å². The fourth-order valence-corrected chi connectivity index (χ4v) is 7.04. The lowest BCUT2D eigenvalue weighted by Gasteiger charge is -2.35. The minimum Gasteiger partial charge on any atom is -0.300 e. The molecule has 1 aromatic rings. The molecule has 140 valence electrons. The molecular formula is C19H30N2O2S2. The largest absolute Gasteiger partial charge is 0.300 e. The average Bonchev–Trinajstić information content (AvgIpc) is 3.06. The summed E-state index contributed by atoms with van der Waals surface area (Å²) in [6.45, 7) is 8.54. The number of aryl methyl sites for hydroxylation is 3. The second-order valence-electron chi connectivity index (χ2n) is 7.58. The summed E-state index contributed by atoms with van der Waals surface area (Å²) in [5, 5.41) is 0. The Labute approximate surface area is 156 Å². The molecule has 0 amide bonds. The van der Waals surface area contributed by atoms with Gasteiger partial charge in [-0.3, -0.25) is 4.90 Å². The van der Waals surface area contributed by atoms with Crippen LogP contribution in [0.25, 0.3) is 0 Å². The first kappa shape index (κ1) is 19.2. The van der Waals surface area contributed by atoms with Gasteiger partial charge in [-0.2, -0.15) is 11.8 Å². The van der Waals surface area contributed by atoms with E-state index in [9.17, 15) is 8.42 Å². The molecule has 1 N–H and O–H groups in total. The minimum atomic E-state index is -3.43. The van der Waals surface area contributed by atoms with E-state index in [1.807, 2.05) is 32.9 Å². The van der Waals surface area contributed by atoms with Gasteiger partial charge in [-0.25, -0.2) is 13.1 Å². The number of nitrogens with one attached hydrogen (secondary N) is 1. The molecule has 0 radical (unpaired) electrons. The Hall–Kier alpha value is -0.560. The second-order valence-corrected chi connectivity index (χ2v) is 10.4. The van der Waals surface area contributed by atoms with Crippen molar-refractivity contribution in [2.75, 3.05) is 31.1 Å². The molecule has 2 heterocycles. The predicted octanol–water partition coefficient (Wildman–Crippen LogP) is 3.11. The van der Waals surface area contributed by atoms with E-state index in [1.165, 1.54) is 17.9 Å². The van der Waals surface area contributed by atoms with E-state index >= 15 is 0 Å². The van der Waals surface area contributed by atoms with Gasteiger partial charge in [0.25, 0.3) is 0 Å². The fraction of sp³-hybridized carbons (Fsp3) is 0.684. The molecule has 0 saturated carbocycles. The van der Waals surface area contributed by atoms with Crippen molar-refractivity contribution in [1.29, 1.82) is 0 Å². The quantitative estimate of drug-likeness (QED) is 0.850. The summed E-state index contributed by atoms with van der Waals surface area (Å²) >= 11 is 2.06. The molecule has 0 aliphatic carbocycles. The number of piperidine rings is 1. The molecule has 1 unspecified atom stereocenters. The topological polar surface area (TPSA) is 49.4 Å². The van der Waals surface area contributed by atoms with Crippen LogP contribution in [-0.4, -0.2) is 50.5 Å². The van der Waals surface area contributed by atoms with Crippen molar-refractivity contribution in [1.82, 2.24) is 9.62 Å². The van der Waals surface area contributed by atoms with Crippen LogP contribution in [0.4, 0.5) is 0 Å². The van der Waals surface area contributed by atoms with E-state index in [2.05, 4.69) is 21.4 Å². The second kappa shape index (κ2) is 7.99. The Bertz CT molecular complexity index is 681. The van der Waals surface area contributed by atoms with E-state index < -0.39 is 10.0 Å². The standard InChI is InChI=1S/C19H30N2O2S2/c1-14-10-15(2)19(16(3)11-14)25(22,23)20-12-17-4-7-21(8-5-17)18-6-9-24-13-18/h10-11,17-18,20H,4-9,12-13H2,1-3H3. The molecule has 1 aromatic carbocycles. The van der Waals surface area contributed by atoms with Gasteiger partial charge < -0.3 is 0 Å². The molecule has 1 atom stereocenters. The normalized spacial score (nSPS) is 23.2. The summed E-state index contributed by atoms with van der Waals surface area (Å²) in [5.41, 5.74) is 2.77. The fourth-order valence-electron chi connectivity index (χ4n) is 4.22. The van der Waals surface area contributed by atoms with Gasteiger partial charge in [-0.05, 0) is 75.9 Å². The maximum Gasteiger partial charge on any atom is 0.241 e. The number of rotatable bonds is 5. The van der Waals surface area contributed by atoms with Gasteiger partial charge in [0, 0.05) is 18.3 Å². The predicted molar refractivity (Wildman–Crippen MR) is 106 cm³/mol. The van der Waals surface area contributed by atoms with E-state index in [4.69, 9.17) is 0 Å². The van der Waals surface area contributed by atoms with Gasteiger partial charge in [0.15, 0.2) is 0 Å². The lowest BCUT2D eigenvalue weighted by molar-refractivity contribution is 0.145. The van der Waals surface area contributed by atoms with Crippen LogP contribution in [0.5, 0.6) is 0 Å². The average molecular weight is 383 g/mol. The summed E-state index contributed by atoms with van der Waals surface area (Å²) in [6.07, 6.45) is 3.50. The molecule has 0 aromatic heterocycles. The molecule has 0 spiro atoms. The highest BCUT2D eigenvalue weighted by atomic mass is 32.2. The Morgan fingerprint density at radius 1 is 1.12 bits per heavy atom. The summed E-state index contributed by atoms with van der Waals surface area (Å²) < 4.78 is 28.4. The molecule has 2 saturated heterocycles. The molecular weight excluding hydrogens is 352 g/mol. The molecule has 3 rings (SSSR count). The van der Waals surface area contributed by atoms with Crippen molar-refractivity contribution in [3.05, 3.63) is 28.8 Å². The molecule has 6 heteroatoms. The van der Waals surface area contributed by atoms with E-state index in [0.29, 0.717) is 17.4 Å². The van der Waals surface area contributed by atoms with Gasteiger partial charge in [0.2, 0.25) is 10.0 Å². The lowest BCUT2D eigenvalue weighted by Crippen LogP contribution is -2.43. The minimum absolute atomic E-state index is 0.450. The smallest absolute Gasteiger partial charge is 0.241 e. The van der Waals surface area contributed by atoms with E-state index in [-0.39, 0.29) is 0 Å². The number of hydrogen-bond acceptors (Lipinski definition) is 4. The Kier molecular flexibility index (Phi) is 6.14. The number of sulfonamides is 1. The highest BCUT2D eigenvalue weighted by Crippen LogP contribution is 2.27. The molecule has 2 fully saturated rings. The highest BCUT2D eigenvalue weighted by Gasteiger charge is 2.28. The molecule has 2 aliphatic rings. The van der Waals surface area contributed by atoms with Gasteiger partial charge in [-0.1, -0.05) is 17.7 Å². The number of hydrogen-bond donors (Lipinski definition) is 1. The third kappa shape index (κ3) is 4.59. The van der Waals surface area contributed by atoms with Crippen LogP contribution in [0.15, 0.2) is 17.0 Å². The van der Waals surface area contributed by atoms with Crippen molar-refractivity contribution < 1.29 is 8.42 Å². The first-order valence-electron chi connectivity index (χ1n) is 9.26. The first-order valence-corrected chi connectivity index (χ1v) is 11.9. The molecule has 25 heavy (non-hydrogen) atoms. The monoisotopic (exact) mass is 382 g/mol. The van der Waals surface area contributed by atoms with Crippen LogP contribution in [0, 0.1) is 26.7 Å². The van der Waals surface area contributed by atoms with Crippen LogP contribution in [0.2, 0.25) is 0 Å². The van der Waals surface area contributed by atoms with Crippen LogP contribution >= 0.6 is 11.8 Å². The van der Waals surface area contributed by atoms with Crippen molar-refractivity contribution in [2.24, 2.45) is 5.92 Å². The van der Waals surface area contributed by atoms with Crippen molar-refractivity contribution in [3.63, 3.8) is 0 Å². The number of benzene rings is 1. The Balaban J connectivity index is 1.56. The Morgan fingerprint density at radius 3 is 2.32 bits per heavy atom. The molecule has 2 aliphatic heterocycles. The van der Waals surface area contributed by atoms with E-state index in [1.54, 1.807) is 0 Å². The van der Waals surface area contributed by atoms with Crippen molar-refractivity contribution in [3.8, 4) is 0 Å². The van der Waals surface area contributed by atoms with Crippen LogP contribution in [-0.2, 0) is 10.0 Å². The van der Waals surface area contributed by atoms with Crippen LogP contribution in [0.3, 0.4) is 0 Å². The zero-order valence-corrected chi connectivity index (χ0v) is 17.2. The third-order valence-corrected chi connectivity index (χ3v) is 8.38. The Morgan fingerprint density at radius 2 is 1.76 bits per heavy atom. The van der Waals surface area contributed by atoms with Gasteiger partial charge in [0.05, 0.1) is 4.90 Å². The molecule has 0 bridgehead atoms. The lowest BCUT2D eigenvalue weighted by atomic mass is 9.96. The van der Waals surface area contributed by atoms with Crippen LogP contribution < -0.4 is 4.72 Å². The van der Waals surface area contributed by atoms with Gasteiger partial charge in [0.1, 0.15) is 0 Å². The maximum absolute atomic E-state index is 12.8. The summed E-state index contributed by atoms with van der Waals surface area (Å²) in [4.78, 5) is 3.07. The first-order chi connectivity index (χ1) is 11.9. The number of thioether (sulfide) groups is 1. The van der Waals surface area contributed by atoms with Crippen LogP contribution in [0.1, 0.15) is 36.0 Å². The zero-order valence-electron chi connectivity index (χ0n) is 15.5. The molecule has 4 nitrogen and oxygen atoms in total. The SMILES string of the molecule is Cc1cc(C)c(S(=O)(=O)NCC2CCN(C3CCSC3)CC2)c(C)c1. The summed E-state index contributed by atoms with van der Waals surface area (Å²) in [6, 6.07) is 4.64. The van der Waals surface area contributed by atoms with Gasteiger partial charge in [-0.15, -0.1) is 0 Å². The maximum atomic E-state index is 12.8. The summed E-state index contributed by atoms with van der Waals surface area (Å²) in [5.74, 6) is 3.01.